The van der Waals surface area contributed by atoms with E-state index < -0.39 is 0 Å². The Morgan fingerprint density at radius 2 is 1.65 bits per heavy atom. The third-order valence-electron chi connectivity index (χ3n) is 4.63. The minimum atomic E-state index is 0.421. The average Bonchev–Trinajstić information content (AvgIpc) is 3.08. The molecule has 1 aromatic carbocycles. The molecule has 0 spiro atoms. The molecule has 4 rings (SSSR count). The highest BCUT2D eigenvalue weighted by Crippen LogP contribution is 2.27. The molecule has 0 bridgehead atoms. The van der Waals surface area contributed by atoms with E-state index in [1.807, 2.05) is 42.5 Å². The molecule has 2 atom stereocenters. The molecule has 132 valence electrons. The number of rotatable bonds is 5. The Kier molecular flexibility index (Phi) is 4.73. The largest absolute Gasteiger partial charge is 0.351 e. The van der Waals surface area contributed by atoms with Crippen molar-refractivity contribution < 1.29 is 0 Å². The van der Waals surface area contributed by atoms with E-state index in [-0.39, 0.29) is 0 Å². The summed E-state index contributed by atoms with van der Waals surface area (Å²) in [4.78, 5) is 17.9. The number of aromatic nitrogens is 4. The maximum absolute atomic E-state index is 4.65. The number of hydrogen-bond donors (Lipinski definition) is 2. The van der Waals surface area contributed by atoms with Gasteiger partial charge < -0.3 is 10.6 Å². The van der Waals surface area contributed by atoms with Crippen LogP contribution in [0.15, 0.2) is 54.9 Å². The van der Waals surface area contributed by atoms with Gasteiger partial charge in [-0.15, -0.1) is 0 Å². The Bertz CT molecular complexity index is 853. The van der Waals surface area contributed by atoms with E-state index in [4.69, 9.17) is 0 Å². The molecule has 2 heterocycles. The second-order valence-corrected chi connectivity index (χ2v) is 6.79. The van der Waals surface area contributed by atoms with Gasteiger partial charge in [-0.3, -0.25) is 4.98 Å². The predicted molar refractivity (Wildman–Crippen MR) is 103 cm³/mol. The molecule has 6 heteroatoms. The van der Waals surface area contributed by atoms with Crippen LogP contribution in [0.1, 0.15) is 26.2 Å². The molecule has 3 aromatic rings. The Balaban J connectivity index is 1.65. The Morgan fingerprint density at radius 1 is 0.885 bits per heavy atom. The van der Waals surface area contributed by atoms with Crippen LogP contribution in [0.2, 0.25) is 0 Å². The van der Waals surface area contributed by atoms with Gasteiger partial charge in [0.15, 0.2) is 5.82 Å². The first kappa shape index (κ1) is 16.4. The highest BCUT2D eigenvalue weighted by Gasteiger charge is 2.22. The fourth-order valence-electron chi connectivity index (χ4n) is 3.30. The quantitative estimate of drug-likeness (QED) is 0.718. The van der Waals surface area contributed by atoms with Crippen LogP contribution in [-0.4, -0.2) is 26.0 Å². The van der Waals surface area contributed by atoms with E-state index in [0.29, 0.717) is 23.8 Å². The fourth-order valence-corrected chi connectivity index (χ4v) is 3.30. The topological polar surface area (TPSA) is 75.6 Å². The van der Waals surface area contributed by atoms with Gasteiger partial charge in [-0.1, -0.05) is 37.3 Å². The van der Waals surface area contributed by atoms with Crippen molar-refractivity contribution in [2.45, 2.75) is 32.2 Å². The zero-order valence-corrected chi connectivity index (χ0v) is 14.8. The second-order valence-electron chi connectivity index (χ2n) is 6.79. The van der Waals surface area contributed by atoms with Gasteiger partial charge >= 0.3 is 0 Å². The zero-order chi connectivity index (χ0) is 17.8. The van der Waals surface area contributed by atoms with Crippen molar-refractivity contribution in [2.75, 3.05) is 10.6 Å². The highest BCUT2D eigenvalue weighted by molar-refractivity contribution is 5.60. The number of pyridine rings is 1. The molecule has 2 aromatic heterocycles. The van der Waals surface area contributed by atoms with Crippen molar-refractivity contribution in [3.8, 4) is 11.4 Å². The van der Waals surface area contributed by atoms with Crippen LogP contribution in [0.4, 0.5) is 17.6 Å². The molecule has 1 unspecified atom stereocenters. The third-order valence-corrected chi connectivity index (χ3v) is 4.63. The monoisotopic (exact) mass is 346 g/mol. The minimum absolute atomic E-state index is 0.421. The summed E-state index contributed by atoms with van der Waals surface area (Å²) in [7, 11) is 0. The lowest BCUT2D eigenvalue weighted by Crippen LogP contribution is -2.18. The lowest BCUT2D eigenvalue weighted by atomic mass is 10.1. The van der Waals surface area contributed by atoms with Gasteiger partial charge in [-0.25, -0.2) is 0 Å². The zero-order valence-electron chi connectivity index (χ0n) is 14.8. The van der Waals surface area contributed by atoms with E-state index in [1.54, 1.807) is 12.4 Å². The summed E-state index contributed by atoms with van der Waals surface area (Å²) >= 11 is 0. The van der Waals surface area contributed by atoms with Crippen LogP contribution >= 0.6 is 0 Å². The van der Waals surface area contributed by atoms with Gasteiger partial charge in [-0.05, 0) is 37.3 Å². The summed E-state index contributed by atoms with van der Waals surface area (Å²) in [6.45, 7) is 2.29. The van der Waals surface area contributed by atoms with E-state index in [0.717, 1.165) is 30.0 Å². The van der Waals surface area contributed by atoms with Crippen molar-refractivity contribution in [3.63, 3.8) is 0 Å². The molecule has 1 aliphatic rings. The molecular weight excluding hydrogens is 324 g/mol. The van der Waals surface area contributed by atoms with Gasteiger partial charge in [0, 0.05) is 29.7 Å². The molecule has 26 heavy (non-hydrogen) atoms. The molecule has 0 saturated heterocycles. The van der Waals surface area contributed by atoms with E-state index in [1.165, 1.54) is 6.42 Å². The number of anilines is 3. The van der Waals surface area contributed by atoms with Crippen molar-refractivity contribution in [1.82, 2.24) is 19.9 Å². The molecule has 1 fully saturated rings. The van der Waals surface area contributed by atoms with Crippen molar-refractivity contribution in [2.24, 2.45) is 5.92 Å². The summed E-state index contributed by atoms with van der Waals surface area (Å²) in [5.74, 6) is 2.55. The first-order chi connectivity index (χ1) is 12.8. The SMILES string of the molecule is C[C@H]1CCC(Nc2nc(Nc3ccncc3)nc(-c3ccccc3)n2)C1. The lowest BCUT2D eigenvalue weighted by molar-refractivity contribution is 0.601. The third kappa shape index (κ3) is 3.96. The van der Waals surface area contributed by atoms with Crippen LogP contribution in [0.3, 0.4) is 0 Å². The van der Waals surface area contributed by atoms with Gasteiger partial charge in [-0.2, -0.15) is 15.0 Å². The summed E-state index contributed by atoms with van der Waals surface area (Å²) in [6, 6.07) is 14.2. The summed E-state index contributed by atoms with van der Waals surface area (Å²) in [6.07, 6.45) is 7.03. The Morgan fingerprint density at radius 3 is 2.38 bits per heavy atom. The molecule has 6 nitrogen and oxygen atoms in total. The standard InChI is InChI=1S/C20H22N6/c1-14-7-8-17(13-14)23-20-25-18(15-5-3-2-4-6-15)24-19(26-20)22-16-9-11-21-12-10-16/h2-6,9-12,14,17H,7-8,13H2,1H3,(H2,21,22,23,24,25,26)/t14-,17?/m0/s1. The Hall–Kier alpha value is -3.02. The molecule has 0 radical (unpaired) electrons. The van der Waals surface area contributed by atoms with Gasteiger partial charge in [0.25, 0.3) is 0 Å². The number of nitrogens with zero attached hydrogens (tertiary/aromatic N) is 4. The number of benzene rings is 1. The van der Waals surface area contributed by atoms with Crippen LogP contribution < -0.4 is 10.6 Å². The van der Waals surface area contributed by atoms with Gasteiger partial charge in [0.05, 0.1) is 0 Å². The van der Waals surface area contributed by atoms with E-state index >= 15 is 0 Å². The first-order valence-corrected chi connectivity index (χ1v) is 9.01. The molecule has 2 N–H and O–H groups in total. The maximum atomic E-state index is 4.65. The van der Waals surface area contributed by atoms with Crippen molar-refractivity contribution >= 4 is 17.6 Å². The molecule has 0 amide bonds. The summed E-state index contributed by atoms with van der Waals surface area (Å²) < 4.78 is 0. The average molecular weight is 346 g/mol. The van der Waals surface area contributed by atoms with Crippen LogP contribution in [0.25, 0.3) is 11.4 Å². The second kappa shape index (κ2) is 7.47. The first-order valence-electron chi connectivity index (χ1n) is 9.01. The predicted octanol–water partition coefficient (Wildman–Crippen LogP) is 4.28. The molecule has 0 aliphatic heterocycles. The van der Waals surface area contributed by atoms with Crippen molar-refractivity contribution in [1.29, 1.82) is 0 Å². The van der Waals surface area contributed by atoms with Crippen LogP contribution in [0, 0.1) is 5.92 Å². The van der Waals surface area contributed by atoms with Crippen molar-refractivity contribution in [3.05, 3.63) is 54.9 Å². The Labute approximate surface area is 153 Å². The van der Waals surface area contributed by atoms with Gasteiger partial charge in [0.1, 0.15) is 0 Å². The van der Waals surface area contributed by atoms with E-state index in [2.05, 4.69) is 37.5 Å². The summed E-state index contributed by atoms with van der Waals surface area (Å²) in [5.41, 5.74) is 1.86. The lowest BCUT2D eigenvalue weighted by Gasteiger charge is -2.14. The highest BCUT2D eigenvalue weighted by atomic mass is 15.2. The van der Waals surface area contributed by atoms with Crippen LogP contribution in [-0.2, 0) is 0 Å². The summed E-state index contributed by atoms with van der Waals surface area (Å²) in [5, 5.41) is 6.74. The normalized spacial score (nSPS) is 19.3. The van der Waals surface area contributed by atoms with E-state index in [9.17, 15) is 0 Å². The minimum Gasteiger partial charge on any atom is -0.351 e. The van der Waals surface area contributed by atoms with Gasteiger partial charge in [0.2, 0.25) is 11.9 Å². The molecule has 1 aliphatic carbocycles. The maximum Gasteiger partial charge on any atom is 0.232 e. The molecular formula is C20H22N6. The molecule has 1 saturated carbocycles. The van der Waals surface area contributed by atoms with Crippen LogP contribution in [0.5, 0.6) is 0 Å². The fraction of sp³-hybridized carbons (Fsp3) is 0.300. The number of nitrogens with one attached hydrogen (secondary N) is 2. The number of hydrogen-bond acceptors (Lipinski definition) is 6. The smallest absolute Gasteiger partial charge is 0.232 e.